The number of carbonyl (C=O) groups excluding carboxylic acids is 2. The van der Waals surface area contributed by atoms with Gasteiger partial charge in [-0.3, -0.25) is 9.59 Å². The molecule has 1 aliphatic rings. The number of likely N-dealkylation sites (tertiary alicyclic amines) is 1. The largest absolute Gasteiger partial charge is 0.479 e. The number of ether oxygens (including phenoxy) is 1. The summed E-state index contributed by atoms with van der Waals surface area (Å²) in [5.74, 6) is 0.128. The summed E-state index contributed by atoms with van der Waals surface area (Å²) in [6.45, 7) is 5.54. The van der Waals surface area contributed by atoms with Crippen LogP contribution in [0.15, 0.2) is 18.2 Å². The fourth-order valence-electron chi connectivity index (χ4n) is 2.93. The smallest absolute Gasteiger partial charge is 0.263 e. The van der Waals surface area contributed by atoms with Gasteiger partial charge in [-0.1, -0.05) is 17.7 Å². The number of piperidine rings is 1. The SMILES string of the molecule is Cc1ccc(Cl)c(OC(C)C(=O)N2CCCC(C(=O)NCCN)C2)c1. The summed E-state index contributed by atoms with van der Waals surface area (Å²) < 4.78 is 5.76. The maximum Gasteiger partial charge on any atom is 0.263 e. The number of benzene rings is 1. The van der Waals surface area contributed by atoms with Gasteiger partial charge < -0.3 is 20.7 Å². The van der Waals surface area contributed by atoms with E-state index in [1.807, 2.05) is 19.1 Å². The summed E-state index contributed by atoms with van der Waals surface area (Å²) in [7, 11) is 0. The third-order valence-electron chi connectivity index (χ3n) is 4.29. The molecule has 2 amide bonds. The third kappa shape index (κ3) is 5.34. The van der Waals surface area contributed by atoms with Crippen LogP contribution in [0.5, 0.6) is 5.75 Å². The first kappa shape index (κ1) is 19.5. The van der Waals surface area contributed by atoms with E-state index in [4.69, 9.17) is 22.1 Å². The van der Waals surface area contributed by atoms with Gasteiger partial charge in [0, 0.05) is 26.2 Å². The predicted molar refractivity (Wildman–Crippen MR) is 97.6 cm³/mol. The molecule has 1 aromatic carbocycles. The topological polar surface area (TPSA) is 84.7 Å². The van der Waals surface area contributed by atoms with E-state index in [0.717, 1.165) is 18.4 Å². The summed E-state index contributed by atoms with van der Waals surface area (Å²) in [5.41, 5.74) is 6.42. The van der Waals surface area contributed by atoms with E-state index in [0.29, 0.717) is 37.0 Å². The fourth-order valence-corrected chi connectivity index (χ4v) is 3.09. The molecule has 0 aliphatic carbocycles. The molecule has 0 saturated carbocycles. The van der Waals surface area contributed by atoms with Gasteiger partial charge in [0.2, 0.25) is 5.91 Å². The minimum absolute atomic E-state index is 0.0433. The van der Waals surface area contributed by atoms with Crippen LogP contribution in [0.4, 0.5) is 0 Å². The maximum atomic E-state index is 12.7. The lowest BCUT2D eigenvalue weighted by Crippen LogP contribution is -2.49. The number of nitrogens with two attached hydrogens (primary N) is 1. The molecule has 1 heterocycles. The van der Waals surface area contributed by atoms with Gasteiger partial charge in [0.05, 0.1) is 10.9 Å². The zero-order valence-corrected chi connectivity index (χ0v) is 15.5. The van der Waals surface area contributed by atoms with Gasteiger partial charge in [0.1, 0.15) is 5.75 Å². The van der Waals surface area contributed by atoms with E-state index in [-0.39, 0.29) is 17.7 Å². The van der Waals surface area contributed by atoms with Crippen LogP contribution in [0.2, 0.25) is 5.02 Å². The Morgan fingerprint density at radius 2 is 2.24 bits per heavy atom. The zero-order chi connectivity index (χ0) is 18.4. The van der Waals surface area contributed by atoms with E-state index in [2.05, 4.69) is 5.32 Å². The number of rotatable bonds is 6. The van der Waals surface area contributed by atoms with Crippen molar-refractivity contribution in [1.82, 2.24) is 10.2 Å². The highest BCUT2D eigenvalue weighted by molar-refractivity contribution is 6.32. The first-order valence-corrected chi connectivity index (χ1v) is 8.99. The summed E-state index contributed by atoms with van der Waals surface area (Å²) in [6, 6.07) is 5.45. The van der Waals surface area contributed by atoms with Gasteiger partial charge in [-0.15, -0.1) is 0 Å². The fraction of sp³-hybridized carbons (Fsp3) is 0.556. The number of nitrogens with zero attached hydrogens (tertiary/aromatic N) is 1. The Labute approximate surface area is 153 Å². The Morgan fingerprint density at radius 1 is 1.48 bits per heavy atom. The molecule has 1 fully saturated rings. The number of halogens is 1. The van der Waals surface area contributed by atoms with Crippen molar-refractivity contribution in [2.24, 2.45) is 11.7 Å². The quantitative estimate of drug-likeness (QED) is 0.801. The van der Waals surface area contributed by atoms with E-state index in [1.54, 1.807) is 17.9 Å². The molecule has 0 radical (unpaired) electrons. The van der Waals surface area contributed by atoms with Gasteiger partial charge >= 0.3 is 0 Å². The average molecular weight is 368 g/mol. The first-order valence-electron chi connectivity index (χ1n) is 8.61. The third-order valence-corrected chi connectivity index (χ3v) is 4.60. The van der Waals surface area contributed by atoms with Crippen molar-refractivity contribution in [3.05, 3.63) is 28.8 Å². The minimum atomic E-state index is -0.662. The van der Waals surface area contributed by atoms with Crippen LogP contribution >= 0.6 is 11.6 Å². The second-order valence-electron chi connectivity index (χ2n) is 6.40. The number of hydrogen-bond acceptors (Lipinski definition) is 4. The lowest BCUT2D eigenvalue weighted by atomic mass is 9.96. The Kier molecular flexibility index (Phi) is 7.08. The maximum absolute atomic E-state index is 12.7. The van der Waals surface area contributed by atoms with Crippen LogP contribution in [0.1, 0.15) is 25.3 Å². The van der Waals surface area contributed by atoms with Crippen LogP contribution < -0.4 is 15.8 Å². The Morgan fingerprint density at radius 3 is 2.96 bits per heavy atom. The van der Waals surface area contributed by atoms with Crippen molar-refractivity contribution in [3.8, 4) is 5.75 Å². The zero-order valence-electron chi connectivity index (χ0n) is 14.8. The van der Waals surface area contributed by atoms with Gasteiger partial charge in [-0.25, -0.2) is 0 Å². The molecule has 0 spiro atoms. The highest BCUT2D eigenvalue weighted by Crippen LogP contribution is 2.27. The highest BCUT2D eigenvalue weighted by atomic mass is 35.5. The molecular formula is C18H26ClN3O3. The summed E-state index contributed by atoms with van der Waals surface area (Å²) in [4.78, 5) is 26.5. The molecule has 0 bridgehead atoms. The normalized spacial score (nSPS) is 18.6. The molecule has 2 rings (SSSR count). The van der Waals surface area contributed by atoms with E-state index in [9.17, 15) is 9.59 Å². The molecular weight excluding hydrogens is 342 g/mol. The van der Waals surface area contributed by atoms with Gasteiger partial charge in [0.15, 0.2) is 6.10 Å². The van der Waals surface area contributed by atoms with Crippen LogP contribution in [0.25, 0.3) is 0 Å². The Balaban J connectivity index is 1.96. The van der Waals surface area contributed by atoms with Crippen LogP contribution in [-0.2, 0) is 9.59 Å². The van der Waals surface area contributed by atoms with E-state index in [1.165, 1.54) is 0 Å². The van der Waals surface area contributed by atoms with Crippen LogP contribution in [-0.4, -0.2) is 49.0 Å². The number of nitrogens with one attached hydrogen (secondary N) is 1. The second kappa shape index (κ2) is 9.06. The predicted octanol–water partition coefficient (Wildman–Crippen LogP) is 1.73. The number of amides is 2. The lowest BCUT2D eigenvalue weighted by Gasteiger charge is -2.33. The highest BCUT2D eigenvalue weighted by Gasteiger charge is 2.31. The molecule has 3 N–H and O–H groups in total. The van der Waals surface area contributed by atoms with Crippen molar-refractivity contribution in [1.29, 1.82) is 0 Å². The average Bonchev–Trinajstić information content (AvgIpc) is 2.62. The van der Waals surface area contributed by atoms with E-state index < -0.39 is 6.10 Å². The van der Waals surface area contributed by atoms with Gasteiger partial charge in [-0.2, -0.15) is 0 Å². The van der Waals surface area contributed by atoms with Gasteiger partial charge in [-0.05, 0) is 44.4 Å². The molecule has 25 heavy (non-hydrogen) atoms. The van der Waals surface area contributed by atoms with Crippen LogP contribution in [0.3, 0.4) is 0 Å². The molecule has 7 heteroatoms. The first-order chi connectivity index (χ1) is 11.9. The van der Waals surface area contributed by atoms with Crippen molar-refractivity contribution in [2.75, 3.05) is 26.2 Å². The summed E-state index contributed by atoms with van der Waals surface area (Å²) >= 11 is 6.13. The summed E-state index contributed by atoms with van der Waals surface area (Å²) in [5, 5.41) is 3.27. The molecule has 2 unspecified atom stereocenters. The Hall–Kier alpha value is -1.79. The van der Waals surface area contributed by atoms with Crippen LogP contribution in [0, 0.1) is 12.8 Å². The molecule has 1 saturated heterocycles. The number of hydrogen-bond donors (Lipinski definition) is 2. The van der Waals surface area contributed by atoms with Crippen molar-refractivity contribution in [3.63, 3.8) is 0 Å². The molecule has 1 aromatic rings. The molecule has 0 aromatic heterocycles. The summed E-state index contributed by atoms with van der Waals surface area (Å²) in [6.07, 6.45) is 0.911. The van der Waals surface area contributed by atoms with Crippen molar-refractivity contribution >= 4 is 23.4 Å². The molecule has 2 atom stereocenters. The number of carbonyl (C=O) groups is 2. The number of aryl methyl sites for hydroxylation is 1. The van der Waals surface area contributed by atoms with Gasteiger partial charge in [0.25, 0.3) is 5.91 Å². The standard InChI is InChI=1S/C18H26ClN3O3/c1-12-5-6-15(19)16(10-12)25-13(2)18(24)22-9-3-4-14(11-22)17(23)21-8-7-20/h5-6,10,13-14H,3-4,7-9,11,20H2,1-2H3,(H,21,23). The minimum Gasteiger partial charge on any atom is -0.479 e. The van der Waals surface area contributed by atoms with Crippen molar-refractivity contribution in [2.45, 2.75) is 32.8 Å². The second-order valence-corrected chi connectivity index (χ2v) is 6.80. The Bertz CT molecular complexity index is 624. The molecule has 1 aliphatic heterocycles. The van der Waals surface area contributed by atoms with E-state index >= 15 is 0 Å². The molecule has 6 nitrogen and oxygen atoms in total. The monoisotopic (exact) mass is 367 g/mol. The van der Waals surface area contributed by atoms with Crippen molar-refractivity contribution < 1.29 is 14.3 Å². The molecule has 138 valence electrons. The lowest BCUT2D eigenvalue weighted by molar-refractivity contribution is -0.141.